The lowest BCUT2D eigenvalue weighted by Gasteiger charge is -2.36. The predicted octanol–water partition coefficient (Wildman–Crippen LogP) is 4.86. The number of piperidine rings is 1. The third kappa shape index (κ3) is 5.64. The van der Waals surface area contributed by atoms with Crippen LogP contribution in [0.15, 0.2) is 42.5 Å². The van der Waals surface area contributed by atoms with Gasteiger partial charge < -0.3 is 15.7 Å². The van der Waals surface area contributed by atoms with Crippen LogP contribution in [0.1, 0.15) is 43.2 Å². The molecule has 0 amide bonds. The summed E-state index contributed by atoms with van der Waals surface area (Å²) in [5, 5.41) is 15.3. The van der Waals surface area contributed by atoms with Crippen molar-refractivity contribution in [2.75, 3.05) is 12.8 Å². The minimum atomic E-state index is -4.40. The maximum absolute atomic E-state index is 12.9. The Morgan fingerprint density at radius 1 is 1.12 bits per heavy atom. The molecule has 0 aromatic heterocycles. The van der Waals surface area contributed by atoms with Crippen LogP contribution in [-0.2, 0) is 15.8 Å². The molecular formula is C25H28F3N3O3. The van der Waals surface area contributed by atoms with Crippen molar-refractivity contribution in [3.63, 3.8) is 0 Å². The Labute approximate surface area is 196 Å². The van der Waals surface area contributed by atoms with E-state index in [1.807, 2.05) is 0 Å². The molecular weight excluding hydrogens is 447 g/mol. The van der Waals surface area contributed by atoms with E-state index in [2.05, 4.69) is 11.9 Å². The number of hydrogen-bond acceptors (Lipinski definition) is 5. The summed E-state index contributed by atoms with van der Waals surface area (Å²) in [5.41, 5.74) is 7.03. The van der Waals surface area contributed by atoms with Gasteiger partial charge in [0.2, 0.25) is 0 Å². The monoisotopic (exact) mass is 475 g/mol. The number of nitrogens with zero attached hydrogens (tertiary/aromatic N) is 1. The fourth-order valence-electron chi connectivity index (χ4n) is 5.01. The number of hydrogen-bond donors (Lipinski definition) is 3. The van der Waals surface area contributed by atoms with Crippen LogP contribution in [0.5, 0.6) is 0 Å². The SMILES string of the molecule is CN1C2CCC1CC(CC(=O)C(=N)c1cc(-c3ccc(C(F)(F)F)cc3)ccc1N)C2.O=CO. The van der Waals surface area contributed by atoms with E-state index in [0.717, 1.165) is 25.0 Å². The van der Waals surface area contributed by atoms with Crippen molar-refractivity contribution < 1.29 is 27.9 Å². The Morgan fingerprint density at radius 3 is 2.18 bits per heavy atom. The van der Waals surface area contributed by atoms with E-state index in [9.17, 15) is 18.0 Å². The molecule has 6 nitrogen and oxygen atoms in total. The van der Waals surface area contributed by atoms with Gasteiger partial charge >= 0.3 is 6.18 Å². The largest absolute Gasteiger partial charge is 0.483 e. The quantitative estimate of drug-likeness (QED) is 0.325. The van der Waals surface area contributed by atoms with Gasteiger partial charge in [0.15, 0.2) is 5.78 Å². The second-order valence-electron chi connectivity index (χ2n) is 8.87. The van der Waals surface area contributed by atoms with Gasteiger partial charge in [-0.1, -0.05) is 18.2 Å². The zero-order chi connectivity index (χ0) is 25.0. The number of anilines is 1. The first kappa shape index (κ1) is 25.4. The number of carbonyl (C=O) groups is 2. The highest BCUT2D eigenvalue weighted by Gasteiger charge is 2.39. The molecule has 2 aliphatic heterocycles. The topological polar surface area (TPSA) is 107 Å². The third-order valence-corrected chi connectivity index (χ3v) is 6.82. The van der Waals surface area contributed by atoms with Gasteiger partial charge in [-0.05, 0) is 74.0 Å². The Hall–Kier alpha value is -3.20. The van der Waals surface area contributed by atoms with Gasteiger partial charge in [-0.25, -0.2) is 0 Å². The van der Waals surface area contributed by atoms with E-state index < -0.39 is 11.7 Å². The molecule has 2 aromatic rings. The van der Waals surface area contributed by atoms with E-state index in [0.29, 0.717) is 40.9 Å². The van der Waals surface area contributed by atoms with Gasteiger partial charge in [-0.3, -0.25) is 15.0 Å². The molecule has 2 aromatic carbocycles. The predicted molar refractivity (Wildman–Crippen MR) is 124 cm³/mol. The molecule has 2 heterocycles. The van der Waals surface area contributed by atoms with Gasteiger partial charge in [-0.15, -0.1) is 0 Å². The second-order valence-corrected chi connectivity index (χ2v) is 8.87. The maximum Gasteiger partial charge on any atom is 0.416 e. The number of halogens is 3. The number of carbonyl (C=O) groups excluding carboxylic acids is 1. The summed E-state index contributed by atoms with van der Waals surface area (Å²) in [4.78, 5) is 23.6. The zero-order valence-electron chi connectivity index (χ0n) is 18.8. The number of nitrogen functional groups attached to an aromatic ring is 1. The number of alkyl halides is 3. The number of Topliss-reactive ketones (excluding diaryl/α,β-unsaturated/α-hetero) is 1. The van der Waals surface area contributed by atoms with Crippen molar-refractivity contribution in [2.24, 2.45) is 5.92 Å². The molecule has 2 saturated heterocycles. The Bertz CT molecular complexity index is 1040. The number of nitrogens with two attached hydrogens (primary N) is 1. The van der Waals surface area contributed by atoms with Crippen molar-refractivity contribution in [1.82, 2.24) is 4.90 Å². The first-order chi connectivity index (χ1) is 16.0. The summed E-state index contributed by atoms with van der Waals surface area (Å²) >= 11 is 0. The summed E-state index contributed by atoms with van der Waals surface area (Å²) in [6.45, 7) is -0.250. The number of rotatable bonds is 5. The molecule has 2 unspecified atom stereocenters. The van der Waals surface area contributed by atoms with Crippen LogP contribution in [0, 0.1) is 11.3 Å². The lowest BCUT2D eigenvalue weighted by Crippen LogP contribution is -2.40. The molecule has 4 rings (SSSR count). The number of ketones is 1. The number of nitrogens with one attached hydrogen (secondary N) is 1. The molecule has 0 spiro atoms. The van der Waals surface area contributed by atoms with Crippen molar-refractivity contribution in [1.29, 1.82) is 5.41 Å². The molecule has 4 N–H and O–H groups in total. The minimum absolute atomic E-state index is 0.127. The summed E-state index contributed by atoms with van der Waals surface area (Å²) in [6.07, 6.45) is 0.243. The first-order valence-corrected chi connectivity index (χ1v) is 11.0. The summed E-state index contributed by atoms with van der Waals surface area (Å²) < 4.78 is 38.4. The fraction of sp³-hybridized carbons (Fsp3) is 0.400. The van der Waals surface area contributed by atoms with Crippen molar-refractivity contribution in [2.45, 2.75) is 50.4 Å². The van der Waals surface area contributed by atoms with Gasteiger partial charge in [0.1, 0.15) is 5.71 Å². The van der Waals surface area contributed by atoms with Crippen molar-refractivity contribution >= 4 is 23.7 Å². The van der Waals surface area contributed by atoms with Crippen LogP contribution in [0.4, 0.5) is 18.9 Å². The standard InChI is InChI=1S/C24H26F3N3O.CH2O2/c1-30-18-7-8-19(30)11-14(10-18)12-22(31)23(29)20-13-16(4-9-21(20)28)15-2-5-17(6-3-15)24(25,26)27;2-1-3/h2-6,9,13-14,18-19,29H,7-8,10-12,28H2,1H3;1H,(H,2,3). The average molecular weight is 476 g/mol. The molecule has 0 aliphatic carbocycles. The molecule has 34 heavy (non-hydrogen) atoms. The van der Waals surface area contributed by atoms with E-state index >= 15 is 0 Å². The molecule has 0 saturated carbocycles. The Balaban J connectivity index is 0.00000103. The van der Waals surface area contributed by atoms with E-state index in [1.54, 1.807) is 18.2 Å². The summed E-state index contributed by atoms with van der Waals surface area (Å²) in [5.74, 6) is 0.0473. The van der Waals surface area contributed by atoms with Gasteiger partial charge in [-0.2, -0.15) is 13.2 Å². The molecule has 2 bridgehead atoms. The molecule has 9 heteroatoms. The van der Waals surface area contributed by atoms with Gasteiger partial charge in [0, 0.05) is 29.8 Å². The van der Waals surface area contributed by atoms with Crippen LogP contribution in [0.2, 0.25) is 0 Å². The smallest absolute Gasteiger partial charge is 0.416 e. The summed E-state index contributed by atoms with van der Waals surface area (Å²) in [6, 6.07) is 10.8. The highest BCUT2D eigenvalue weighted by Crippen LogP contribution is 2.39. The lowest BCUT2D eigenvalue weighted by atomic mass is 9.85. The number of carboxylic acid groups (broad SMARTS) is 1. The molecule has 2 atom stereocenters. The molecule has 0 radical (unpaired) electrons. The Kier molecular flexibility index (Phi) is 7.76. The van der Waals surface area contributed by atoms with E-state index in [1.165, 1.54) is 25.0 Å². The highest BCUT2D eigenvalue weighted by atomic mass is 19.4. The second kappa shape index (κ2) is 10.4. The normalized spacial score (nSPS) is 21.9. The van der Waals surface area contributed by atoms with E-state index in [4.69, 9.17) is 21.0 Å². The van der Waals surface area contributed by atoms with Gasteiger partial charge in [0.05, 0.1) is 5.56 Å². The Morgan fingerprint density at radius 2 is 1.65 bits per heavy atom. The molecule has 2 fully saturated rings. The van der Waals surface area contributed by atoms with E-state index in [-0.39, 0.29) is 23.9 Å². The number of fused-ring (bicyclic) bond motifs is 2. The van der Waals surface area contributed by atoms with Gasteiger partial charge in [0.25, 0.3) is 6.47 Å². The number of benzene rings is 2. The summed E-state index contributed by atoms with van der Waals surface area (Å²) in [7, 11) is 2.15. The fourth-order valence-corrected chi connectivity index (χ4v) is 5.01. The van der Waals surface area contributed by atoms with Crippen LogP contribution < -0.4 is 5.73 Å². The lowest BCUT2D eigenvalue weighted by molar-refractivity contribution is -0.137. The van der Waals surface area contributed by atoms with Crippen LogP contribution in [0.3, 0.4) is 0 Å². The van der Waals surface area contributed by atoms with Crippen molar-refractivity contribution in [3.05, 3.63) is 53.6 Å². The third-order valence-electron chi connectivity index (χ3n) is 6.82. The molecule has 182 valence electrons. The zero-order valence-corrected chi connectivity index (χ0v) is 18.8. The highest BCUT2D eigenvalue weighted by molar-refractivity contribution is 6.46. The minimum Gasteiger partial charge on any atom is -0.483 e. The average Bonchev–Trinajstić information content (AvgIpc) is 2.99. The van der Waals surface area contributed by atoms with Crippen LogP contribution >= 0.6 is 0 Å². The van der Waals surface area contributed by atoms with Crippen molar-refractivity contribution in [3.8, 4) is 11.1 Å². The maximum atomic E-state index is 12.9. The van der Waals surface area contributed by atoms with Crippen LogP contribution in [0.25, 0.3) is 11.1 Å². The molecule has 2 aliphatic rings. The first-order valence-electron chi connectivity index (χ1n) is 11.0. The van der Waals surface area contributed by atoms with Crippen LogP contribution in [-0.4, -0.2) is 47.1 Å².